The maximum Gasteiger partial charge on any atom is 0.573 e. The van der Waals surface area contributed by atoms with Crippen LogP contribution in [-0.4, -0.2) is 13.5 Å². The van der Waals surface area contributed by atoms with Crippen LogP contribution in [0.15, 0.2) is 36.4 Å². The molecule has 1 aliphatic rings. The molecule has 23 heavy (non-hydrogen) atoms. The molecule has 122 valence electrons. The molecular formula is C17H16F3NO2. The Morgan fingerprint density at radius 3 is 2.61 bits per heavy atom. The molecule has 2 aromatic rings. The summed E-state index contributed by atoms with van der Waals surface area (Å²) in [6.45, 7) is 1.99. The van der Waals surface area contributed by atoms with E-state index in [0.29, 0.717) is 6.42 Å². The van der Waals surface area contributed by atoms with E-state index in [1.54, 1.807) is 13.2 Å². The second-order valence-electron chi connectivity index (χ2n) is 5.51. The fourth-order valence-electron chi connectivity index (χ4n) is 2.85. The van der Waals surface area contributed by atoms with E-state index in [-0.39, 0.29) is 11.8 Å². The zero-order chi connectivity index (χ0) is 16.6. The van der Waals surface area contributed by atoms with Crippen molar-refractivity contribution in [3.05, 3.63) is 53.1 Å². The van der Waals surface area contributed by atoms with Crippen molar-refractivity contribution in [2.75, 3.05) is 12.4 Å². The molecule has 0 aromatic heterocycles. The van der Waals surface area contributed by atoms with E-state index < -0.39 is 6.36 Å². The van der Waals surface area contributed by atoms with Gasteiger partial charge in [0.15, 0.2) is 0 Å². The SMILES string of the molecule is COc1ccc(C)cc1C1Cc2cc(OC(F)(F)F)ccc2N1. The summed E-state index contributed by atoms with van der Waals surface area (Å²) < 4.78 is 46.3. The molecule has 1 unspecified atom stereocenters. The van der Waals surface area contributed by atoms with E-state index in [1.165, 1.54) is 12.1 Å². The largest absolute Gasteiger partial charge is 0.573 e. The molecule has 0 spiro atoms. The van der Waals surface area contributed by atoms with Gasteiger partial charge in [0.05, 0.1) is 13.2 Å². The van der Waals surface area contributed by atoms with Gasteiger partial charge in [-0.3, -0.25) is 0 Å². The number of benzene rings is 2. The van der Waals surface area contributed by atoms with Gasteiger partial charge in [-0.05, 0) is 43.2 Å². The summed E-state index contributed by atoms with van der Waals surface area (Å²) in [5.41, 5.74) is 3.69. The Labute approximate surface area is 132 Å². The highest BCUT2D eigenvalue weighted by molar-refractivity contribution is 5.61. The molecule has 1 N–H and O–H groups in total. The summed E-state index contributed by atoms with van der Waals surface area (Å²) in [5, 5.41) is 3.33. The Morgan fingerprint density at radius 2 is 1.91 bits per heavy atom. The third-order valence-electron chi connectivity index (χ3n) is 3.82. The lowest BCUT2D eigenvalue weighted by Gasteiger charge is -2.16. The number of methoxy groups -OCH3 is 1. The van der Waals surface area contributed by atoms with Crippen molar-refractivity contribution in [2.45, 2.75) is 25.7 Å². The number of fused-ring (bicyclic) bond motifs is 1. The van der Waals surface area contributed by atoms with Crippen molar-refractivity contribution in [3.63, 3.8) is 0 Å². The van der Waals surface area contributed by atoms with Gasteiger partial charge in [0, 0.05) is 11.3 Å². The summed E-state index contributed by atoms with van der Waals surface area (Å²) in [6, 6.07) is 10.2. The predicted octanol–water partition coefficient (Wildman–Crippen LogP) is 4.61. The molecule has 0 bridgehead atoms. The summed E-state index contributed by atoms with van der Waals surface area (Å²) in [7, 11) is 1.60. The van der Waals surface area contributed by atoms with Gasteiger partial charge in [-0.25, -0.2) is 0 Å². The molecule has 0 aliphatic carbocycles. The number of rotatable bonds is 3. The lowest BCUT2D eigenvalue weighted by atomic mass is 10.00. The number of hydrogen-bond donors (Lipinski definition) is 1. The third kappa shape index (κ3) is 3.36. The normalized spacial score (nSPS) is 16.7. The molecular weight excluding hydrogens is 307 g/mol. The van der Waals surface area contributed by atoms with Crippen LogP contribution in [0.25, 0.3) is 0 Å². The van der Waals surface area contributed by atoms with E-state index in [2.05, 4.69) is 10.1 Å². The molecule has 6 heteroatoms. The van der Waals surface area contributed by atoms with E-state index in [1.807, 2.05) is 25.1 Å². The fourth-order valence-corrected chi connectivity index (χ4v) is 2.85. The van der Waals surface area contributed by atoms with Crippen molar-refractivity contribution < 1.29 is 22.6 Å². The van der Waals surface area contributed by atoms with Crippen LogP contribution in [0.1, 0.15) is 22.7 Å². The topological polar surface area (TPSA) is 30.5 Å². The van der Waals surface area contributed by atoms with Crippen LogP contribution in [0.2, 0.25) is 0 Å². The molecule has 0 saturated heterocycles. The average molecular weight is 323 g/mol. The molecule has 1 atom stereocenters. The Kier molecular flexibility index (Phi) is 3.83. The van der Waals surface area contributed by atoms with E-state index >= 15 is 0 Å². The fraction of sp³-hybridized carbons (Fsp3) is 0.294. The van der Waals surface area contributed by atoms with Crippen LogP contribution in [0, 0.1) is 6.92 Å². The van der Waals surface area contributed by atoms with Gasteiger partial charge in [0.25, 0.3) is 0 Å². The van der Waals surface area contributed by atoms with Crippen LogP contribution in [-0.2, 0) is 6.42 Å². The molecule has 0 radical (unpaired) electrons. The minimum atomic E-state index is -4.68. The molecule has 0 saturated carbocycles. The monoisotopic (exact) mass is 323 g/mol. The second kappa shape index (κ2) is 5.68. The van der Waals surface area contributed by atoms with Gasteiger partial charge in [-0.15, -0.1) is 13.2 Å². The van der Waals surface area contributed by atoms with Crippen LogP contribution >= 0.6 is 0 Å². The maximum atomic E-state index is 12.3. The van der Waals surface area contributed by atoms with Gasteiger partial charge < -0.3 is 14.8 Å². The summed E-state index contributed by atoms with van der Waals surface area (Å²) in [6.07, 6.45) is -4.11. The zero-order valence-electron chi connectivity index (χ0n) is 12.7. The average Bonchev–Trinajstić information content (AvgIpc) is 2.88. The molecule has 0 amide bonds. The highest BCUT2D eigenvalue weighted by atomic mass is 19.4. The molecule has 1 aliphatic heterocycles. The Hall–Kier alpha value is -2.37. The molecule has 1 heterocycles. The minimum absolute atomic E-state index is 0.0408. The zero-order valence-corrected chi connectivity index (χ0v) is 12.7. The smallest absolute Gasteiger partial charge is 0.496 e. The second-order valence-corrected chi connectivity index (χ2v) is 5.51. The number of anilines is 1. The molecule has 2 aromatic carbocycles. The highest BCUT2D eigenvalue weighted by Crippen LogP contribution is 2.40. The molecule has 3 nitrogen and oxygen atoms in total. The van der Waals surface area contributed by atoms with Crippen LogP contribution in [0.5, 0.6) is 11.5 Å². The van der Waals surface area contributed by atoms with E-state index in [0.717, 1.165) is 28.1 Å². The lowest BCUT2D eigenvalue weighted by molar-refractivity contribution is -0.274. The summed E-state index contributed by atoms with van der Waals surface area (Å²) >= 11 is 0. The minimum Gasteiger partial charge on any atom is -0.496 e. The summed E-state index contributed by atoms with van der Waals surface area (Å²) in [4.78, 5) is 0. The predicted molar refractivity (Wildman–Crippen MR) is 80.9 cm³/mol. The Bertz CT molecular complexity index is 728. The highest BCUT2D eigenvalue weighted by Gasteiger charge is 2.32. The van der Waals surface area contributed by atoms with Crippen LogP contribution in [0.3, 0.4) is 0 Å². The van der Waals surface area contributed by atoms with Crippen molar-refractivity contribution in [3.8, 4) is 11.5 Å². The van der Waals surface area contributed by atoms with E-state index in [9.17, 15) is 13.2 Å². The van der Waals surface area contributed by atoms with Crippen LogP contribution < -0.4 is 14.8 Å². The molecule has 3 rings (SSSR count). The van der Waals surface area contributed by atoms with E-state index in [4.69, 9.17) is 4.74 Å². The number of alkyl halides is 3. The summed E-state index contributed by atoms with van der Waals surface area (Å²) in [5.74, 6) is 0.558. The van der Waals surface area contributed by atoms with Crippen molar-refractivity contribution in [1.29, 1.82) is 0 Å². The Balaban J connectivity index is 1.86. The van der Waals surface area contributed by atoms with Gasteiger partial charge in [-0.1, -0.05) is 17.7 Å². The van der Waals surface area contributed by atoms with Crippen LogP contribution in [0.4, 0.5) is 18.9 Å². The first-order chi connectivity index (χ1) is 10.9. The maximum absolute atomic E-state index is 12.3. The lowest BCUT2D eigenvalue weighted by Crippen LogP contribution is -2.17. The number of halogens is 3. The third-order valence-corrected chi connectivity index (χ3v) is 3.82. The standard InChI is InChI=1S/C17H16F3NO2/c1-10-3-6-16(22-2)13(7-10)15-9-11-8-12(23-17(18,19)20)4-5-14(11)21-15/h3-8,15,21H,9H2,1-2H3. The molecule has 0 fully saturated rings. The van der Waals surface area contributed by atoms with Gasteiger partial charge in [0.1, 0.15) is 11.5 Å². The van der Waals surface area contributed by atoms with Gasteiger partial charge in [-0.2, -0.15) is 0 Å². The first-order valence-corrected chi connectivity index (χ1v) is 7.15. The Morgan fingerprint density at radius 1 is 1.13 bits per heavy atom. The quantitative estimate of drug-likeness (QED) is 0.894. The van der Waals surface area contributed by atoms with Crippen molar-refractivity contribution >= 4 is 5.69 Å². The number of ether oxygens (including phenoxy) is 2. The first kappa shape index (κ1) is 15.5. The van der Waals surface area contributed by atoms with Gasteiger partial charge >= 0.3 is 6.36 Å². The number of aryl methyl sites for hydroxylation is 1. The first-order valence-electron chi connectivity index (χ1n) is 7.15. The van der Waals surface area contributed by atoms with Crippen molar-refractivity contribution in [1.82, 2.24) is 0 Å². The van der Waals surface area contributed by atoms with Gasteiger partial charge in [0.2, 0.25) is 0 Å². The number of nitrogens with one attached hydrogen (secondary N) is 1. The van der Waals surface area contributed by atoms with Crippen molar-refractivity contribution in [2.24, 2.45) is 0 Å². The number of hydrogen-bond acceptors (Lipinski definition) is 3.